The lowest BCUT2D eigenvalue weighted by Crippen LogP contribution is -2.48. The van der Waals surface area contributed by atoms with Gasteiger partial charge in [-0.2, -0.15) is 0 Å². The van der Waals surface area contributed by atoms with Crippen molar-refractivity contribution in [1.82, 2.24) is 15.1 Å². The summed E-state index contributed by atoms with van der Waals surface area (Å²) in [5.74, 6) is 2.07. The first-order valence-electron chi connectivity index (χ1n) is 9.16. The zero-order chi connectivity index (χ0) is 19.2. The first-order chi connectivity index (χ1) is 13.0. The number of hydrogen-bond acceptors (Lipinski definition) is 5. The lowest BCUT2D eigenvalue weighted by molar-refractivity contribution is -0.123. The highest BCUT2D eigenvalue weighted by Crippen LogP contribution is 2.24. The number of likely N-dealkylation sites (N-methyl/N-ethyl adjacent to an activating group) is 1. The Bertz CT molecular complexity index is 756. The van der Waals surface area contributed by atoms with Gasteiger partial charge < -0.3 is 19.4 Å². The maximum absolute atomic E-state index is 12.3. The number of piperazine rings is 1. The lowest BCUT2D eigenvalue weighted by atomic mass is 10.1. The molecule has 146 valence electrons. The Labute approximate surface area is 165 Å². The van der Waals surface area contributed by atoms with Gasteiger partial charge in [0.1, 0.15) is 17.3 Å². The molecule has 1 atom stereocenters. The van der Waals surface area contributed by atoms with Crippen molar-refractivity contribution in [2.24, 2.45) is 0 Å². The van der Waals surface area contributed by atoms with Gasteiger partial charge >= 0.3 is 0 Å². The molecule has 1 saturated heterocycles. The summed E-state index contributed by atoms with van der Waals surface area (Å²) in [5.41, 5.74) is 0. The van der Waals surface area contributed by atoms with Gasteiger partial charge in [0, 0.05) is 32.7 Å². The Morgan fingerprint density at radius 3 is 2.63 bits per heavy atom. The highest BCUT2D eigenvalue weighted by atomic mass is 35.5. The number of carbonyl (C=O) groups excluding carboxylic acids is 1. The van der Waals surface area contributed by atoms with Crippen molar-refractivity contribution in [2.75, 3.05) is 46.4 Å². The number of furan rings is 1. The van der Waals surface area contributed by atoms with Gasteiger partial charge in [0.05, 0.1) is 11.1 Å². The molecule has 0 spiro atoms. The van der Waals surface area contributed by atoms with Crippen LogP contribution in [0, 0.1) is 6.92 Å². The molecule has 6 nitrogen and oxygen atoms in total. The van der Waals surface area contributed by atoms with Crippen LogP contribution in [0.15, 0.2) is 40.8 Å². The molecule has 1 fully saturated rings. The summed E-state index contributed by atoms with van der Waals surface area (Å²) in [5, 5.41) is 3.46. The van der Waals surface area contributed by atoms with Gasteiger partial charge in [-0.1, -0.05) is 23.7 Å². The molecule has 1 aliphatic rings. The Balaban J connectivity index is 1.57. The average Bonchev–Trinajstić information content (AvgIpc) is 3.09. The van der Waals surface area contributed by atoms with Gasteiger partial charge in [-0.3, -0.25) is 9.69 Å². The Kier molecular flexibility index (Phi) is 6.77. The van der Waals surface area contributed by atoms with Crippen molar-refractivity contribution in [2.45, 2.75) is 13.0 Å². The Morgan fingerprint density at radius 2 is 1.96 bits per heavy atom. The normalized spacial score (nSPS) is 16.9. The highest BCUT2D eigenvalue weighted by Gasteiger charge is 2.26. The first kappa shape index (κ1) is 19.7. The van der Waals surface area contributed by atoms with E-state index in [1.165, 1.54) is 0 Å². The monoisotopic (exact) mass is 391 g/mol. The molecule has 3 rings (SSSR count). The van der Waals surface area contributed by atoms with Crippen LogP contribution in [0.2, 0.25) is 5.02 Å². The Morgan fingerprint density at radius 1 is 1.22 bits per heavy atom. The number of hydrogen-bond donors (Lipinski definition) is 1. The zero-order valence-corrected chi connectivity index (χ0v) is 16.5. The third kappa shape index (κ3) is 5.48. The minimum absolute atomic E-state index is 0.0108. The van der Waals surface area contributed by atoms with E-state index >= 15 is 0 Å². The summed E-state index contributed by atoms with van der Waals surface area (Å²) in [6.45, 7) is 6.21. The summed E-state index contributed by atoms with van der Waals surface area (Å²) in [4.78, 5) is 16.9. The van der Waals surface area contributed by atoms with E-state index < -0.39 is 0 Å². The second kappa shape index (κ2) is 9.26. The number of benzene rings is 1. The number of para-hydroxylation sites is 1. The van der Waals surface area contributed by atoms with E-state index in [1.54, 1.807) is 12.1 Å². The molecule has 1 aliphatic heterocycles. The molecule has 7 heteroatoms. The van der Waals surface area contributed by atoms with Crippen LogP contribution in [-0.2, 0) is 4.79 Å². The van der Waals surface area contributed by atoms with Crippen molar-refractivity contribution in [1.29, 1.82) is 0 Å². The van der Waals surface area contributed by atoms with Crippen molar-refractivity contribution >= 4 is 17.5 Å². The van der Waals surface area contributed by atoms with Gasteiger partial charge in [0.15, 0.2) is 6.61 Å². The number of rotatable bonds is 7. The molecule has 1 N–H and O–H groups in total. The SMILES string of the molecule is Cc1ccc([C@H](CNC(=O)COc2ccccc2Cl)N2CCN(C)CC2)o1. The molecule has 1 aromatic heterocycles. The van der Waals surface area contributed by atoms with Crippen LogP contribution < -0.4 is 10.1 Å². The van der Waals surface area contributed by atoms with E-state index in [9.17, 15) is 4.79 Å². The maximum Gasteiger partial charge on any atom is 0.258 e. The number of halogens is 1. The van der Waals surface area contributed by atoms with Crippen molar-refractivity contribution in [3.8, 4) is 5.75 Å². The zero-order valence-electron chi connectivity index (χ0n) is 15.8. The number of amides is 1. The van der Waals surface area contributed by atoms with E-state index in [0.717, 1.165) is 37.7 Å². The van der Waals surface area contributed by atoms with E-state index in [0.29, 0.717) is 17.3 Å². The van der Waals surface area contributed by atoms with E-state index in [4.69, 9.17) is 20.8 Å². The largest absolute Gasteiger partial charge is 0.482 e. The highest BCUT2D eigenvalue weighted by molar-refractivity contribution is 6.32. The minimum atomic E-state index is -0.183. The molecule has 0 saturated carbocycles. The van der Waals surface area contributed by atoms with Gasteiger partial charge in [0.25, 0.3) is 5.91 Å². The summed E-state index contributed by atoms with van der Waals surface area (Å²) < 4.78 is 11.4. The van der Waals surface area contributed by atoms with Crippen LogP contribution >= 0.6 is 11.6 Å². The van der Waals surface area contributed by atoms with Crippen LogP contribution in [0.5, 0.6) is 5.75 Å². The van der Waals surface area contributed by atoms with Crippen LogP contribution in [0.1, 0.15) is 17.6 Å². The van der Waals surface area contributed by atoms with Gasteiger partial charge in [-0.25, -0.2) is 0 Å². The second-order valence-corrected chi connectivity index (χ2v) is 7.23. The second-order valence-electron chi connectivity index (χ2n) is 6.83. The van der Waals surface area contributed by atoms with Crippen molar-refractivity contribution in [3.63, 3.8) is 0 Å². The molecule has 1 amide bonds. The topological polar surface area (TPSA) is 58.0 Å². The molecular formula is C20H26ClN3O3. The number of nitrogens with one attached hydrogen (secondary N) is 1. The summed E-state index contributed by atoms with van der Waals surface area (Å²) in [6.07, 6.45) is 0. The fourth-order valence-electron chi connectivity index (χ4n) is 3.14. The molecule has 2 aromatic rings. The third-order valence-corrected chi connectivity index (χ3v) is 5.07. The smallest absolute Gasteiger partial charge is 0.258 e. The van der Waals surface area contributed by atoms with Gasteiger partial charge in [-0.15, -0.1) is 0 Å². The summed E-state index contributed by atoms with van der Waals surface area (Å²) in [6, 6.07) is 11.1. The molecule has 0 bridgehead atoms. The molecule has 27 heavy (non-hydrogen) atoms. The minimum Gasteiger partial charge on any atom is -0.482 e. The lowest BCUT2D eigenvalue weighted by Gasteiger charge is -2.37. The maximum atomic E-state index is 12.3. The van der Waals surface area contributed by atoms with Gasteiger partial charge in [-0.05, 0) is 38.2 Å². The Hall–Kier alpha value is -2.02. The predicted octanol–water partition coefficient (Wildman–Crippen LogP) is 2.73. The predicted molar refractivity (Wildman–Crippen MR) is 105 cm³/mol. The van der Waals surface area contributed by atoms with Crippen molar-refractivity contribution < 1.29 is 13.9 Å². The first-order valence-corrected chi connectivity index (χ1v) is 9.53. The number of ether oxygens (including phenoxy) is 1. The van der Waals surface area contributed by atoms with Crippen LogP contribution in [0.25, 0.3) is 0 Å². The summed E-state index contributed by atoms with van der Waals surface area (Å²) in [7, 11) is 2.12. The standard InChI is InChI=1S/C20H26ClN3O3/c1-15-7-8-19(27-15)17(24-11-9-23(2)10-12-24)13-22-20(25)14-26-18-6-4-3-5-16(18)21/h3-8,17H,9-14H2,1-2H3,(H,22,25)/t17-/m0/s1. The number of nitrogens with zero attached hydrogens (tertiary/aromatic N) is 2. The quantitative estimate of drug-likeness (QED) is 0.786. The van der Waals surface area contributed by atoms with Crippen LogP contribution in [-0.4, -0.2) is 62.1 Å². The number of aryl methyl sites for hydroxylation is 1. The van der Waals surface area contributed by atoms with Crippen LogP contribution in [0.3, 0.4) is 0 Å². The fourth-order valence-corrected chi connectivity index (χ4v) is 3.33. The van der Waals surface area contributed by atoms with Crippen molar-refractivity contribution in [3.05, 3.63) is 52.9 Å². The van der Waals surface area contributed by atoms with E-state index in [2.05, 4.69) is 22.2 Å². The fraction of sp³-hybridized carbons (Fsp3) is 0.450. The molecule has 2 heterocycles. The van der Waals surface area contributed by atoms with Crippen LogP contribution in [0.4, 0.5) is 0 Å². The molecule has 1 aromatic carbocycles. The average molecular weight is 392 g/mol. The van der Waals surface area contributed by atoms with E-state index in [1.807, 2.05) is 31.2 Å². The number of carbonyl (C=O) groups is 1. The molecule has 0 radical (unpaired) electrons. The molecule has 0 aliphatic carbocycles. The van der Waals surface area contributed by atoms with E-state index in [-0.39, 0.29) is 18.6 Å². The van der Waals surface area contributed by atoms with Gasteiger partial charge in [0.2, 0.25) is 0 Å². The molecular weight excluding hydrogens is 366 g/mol. The summed E-state index contributed by atoms with van der Waals surface area (Å²) >= 11 is 6.05. The molecule has 0 unspecified atom stereocenters. The third-order valence-electron chi connectivity index (χ3n) is 4.76.